The minimum Gasteiger partial charge on any atom is -0.386 e. The van der Waals surface area contributed by atoms with Crippen molar-refractivity contribution in [3.05, 3.63) is 53.6 Å². The highest BCUT2D eigenvalue weighted by Crippen LogP contribution is 2.26. The lowest BCUT2D eigenvalue weighted by atomic mass is 10.0. The lowest BCUT2D eigenvalue weighted by molar-refractivity contribution is 0.121. The molecule has 18 heavy (non-hydrogen) atoms. The Balaban J connectivity index is 2.20. The molecule has 3 heteroatoms. The topological polar surface area (TPSA) is 38.0 Å². The summed E-state index contributed by atoms with van der Waals surface area (Å²) in [7, 11) is 0. The van der Waals surface area contributed by atoms with Gasteiger partial charge >= 0.3 is 0 Å². The van der Waals surface area contributed by atoms with Gasteiger partial charge in [-0.15, -0.1) is 0 Å². The van der Waals surface area contributed by atoms with Gasteiger partial charge in [0.2, 0.25) is 0 Å². The number of hydrogen-bond donors (Lipinski definition) is 1. The van der Waals surface area contributed by atoms with Gasteiger partial charge in [-0.25, -0.2) is 4.98 Å². The fourth-order valence-electron chi connectivity index (χ4n) is 2.20. The van der Waals surface area contributed by atoms with Crippen molar-refractivity contribution in [1.29, 1.82) is 0 Å². The van der Waals surface area contributed by atoms with Crippen LogP contribution < -0.4 is 0 Å². The predicted molar refractivity (Wildman–Crippen MR) is 72.5 cm³/mol. The zero-order valence-electron chi connectivity index (χ0n) is 11.2. The van der Waals surface area contributed by atoms with E-state index in [1.165, 1.54) is 5.56 Å². The van der Waals surface area contributed by atoms with E-state index in [9.17, 15) is 5.11 Å². The number of aryl methyl sites for hydroxylation is 2. The van der Waals surface area contributed by atoms with E-state index in [0.29, 0.717) is 0 Å². The Morgan fingerprint density at radius 1 is 1.28 bits per heavy atom. The van der Waals surface area contributed by atoms with Crippen LogP contribution in [-0.2, 0) is 6.42 Å². The minimum absolute atomic E-state index is 0.0139. The van der Waals surface area contributed by atoms with Gasteiger partial charge in [0.15, 0.2) is 0 Å². The van der Waals surface area contributed by atoms with Crippen molar-refractivity contribution in [2.45, 2.75) is 39.3 Å². The molecule has 0 radical (unpaired) electrons. The number of aromatic nitrogens is 2. The molecule has 0 amide bonds. The van der Waals surface area contributed by atoms with Crippen molar-refractivity contribution in [3.63, 3.8) is 0 Å². The molecule has 0 aliphatic rings. The Morgan fingerprint density at radius 3 is 2.44 bits per heavy atom. The molecule has 2 atom stereocenters. The Bertz CT molecular complexity index is 501. The number of hydrogen-bond acceptors (Lipinski definition) is 2. The van der Waals surface area contributed by atoms with Crippen LogP contribution in [0.4, 0.5) is 0 Å². The van der Waals surface area contributed by atoms with E-state index in [1.807, 2.05) is 36.7 Å². The summed E-state index contributed by atoms with van der Waals surface area (Å²) in [5.41, 5.74) is 2.24. The van der Waals surface area contributed by atoms with Crippen molar-refractivity contribution in [2.24, 2.45) is 0 Å². The van der Waals surface area contributed by atoms with Gasteiger partial charge in [-0.05, 0) is 31.4 Å². The maximum atomic E-state index is 10.4. The zero-order chi connectivity index (χ0) is 13.1. The van der Waals surface area contributed by atoms with E-state index < -0.39 is 6.10 Å². The summed E-state index contributed by atoms with van der Waals surface area (Å²) in [6.45, 7) is 6.08. The molecule has 0 bridgehead atoms. The van der Waals surface area contributed by atoms with Crippen molar-refractivity contribution in [2.75, 3.05) is 0 Å². The fraction of sp³-hybridized carbons (Fsp3) is 0.400. The molecule has 0 saturated carbocycles. The smallest absolute Gasteiger partial charge is 0.105 e. The van der Waals surface area contributed by atoms with Crippen LogP contribution in [0.5, 0.6) is 0 Å². The molecule has 2 rings (SSSR count). The first kappa shape index (κ1) is 12.8. The normalized spacial score (nSPS) is 14.4. The number of nitrogens with zero attached hydrogens (tertiary/aromatic N) is 2. The molecule has 0 saturated heterocycles. The summed E-state index contributed by atoms with van der Waals surface area (Å²) in [6, 6.07) is 8.15. The predicted octanol–water partition coefficient (Wildman–Crippen LogP) is 3.05. The summed E-state index contributed by atoms with van der Waals surface area (Å²) in [5, 5.41) is 10.4. The average Bonchev–Trinajstić information content (AvgIpc) is 2.83. The van der Waals surface area contributed by atoms with Crippen molar-refractivity contribution in [3.8, 4) is 0 Å². The van der Waals surface area contributed by atoms with Crippen molar-refractivity contribution >= 4 is 0 Å². The lowest BCUT2D eigenvalue weighted by Gasteiger charge is -2.22. The molecule has 3 nitrogen and oxygen atoms in total. The summed E-state index contributed by atoms with van der Waals surface area (Å²) in [4.78, 5) is 4.19. The van der Waals surface area contributed by atoms with Gasteiger partial charge in [0.1, 0.15) is 5.82 Å². The van der Waals surface area contributed by atoms with Crippen LogP contribution in [0.3, 0.4) is 0 Å². The highest BCUT2D eigenvalue weighted by molar-refractivity contribution is 5.24. The second-order valence-electron chi connectivity index (χ2n) is 4.66. The first-order chi connectivity index (χ1) is 8.63. The molecule has 0 aliphatic heterocycles. The molecular formula is C15H20N2O. The first-order valence-electron chi connectivity index (χ1n) is 6.39. The molecule has 0 spiro atoms. The summed E-state index contributed by atoms with van der Waals surface area (Å²) in [5.74, 6) is 0.923. The monoisotopic (exact) mass is 244 g/mol. The highest BCUT2D eigenvalue weighted by atomic mass is 16.3. The van der Waals surface area contributed by atoms with Gasteiger partial charge in [0.25, 0.3) is 0 Å². The Hall–Kier alpha value is -1.61. The maximum absolute atomic E-state index is 10.4. The van der Waals surface area contributed by atoms with Gasteiger partial charge in [0, 0.05) is 12.4 Å². The van der Waals surface area contributed by atoms with E-state index in [0.717, 1.165) is 17.8 Å². The number of aliphatic hydroxyl groups excluding tert-OH is 1. The molecule has 1 N–H and O–H groups in total. The zero-order valence-corrected chi connectivity index (χ0v) is 11.2. The van der Waals surface area contributed by atoms with Crippen LogP contribution in [0.15, 0.2) is 36.7 Å². The molecule has 96 valence electrons. The highest BCUT2D eigenvalue weighted by Gasteiger charge is 2.18. The van der Waals surface area contributed by atoms with Crippen LogP contribution in [0.1, 0.15) is 42.9 Å². The first-order valence-corrected chi connectivity index (χ1v) is 6.39. The number of aliphatic hydroxyl groups is 1. The molecular weight excluding hydrogens is 224 g/mol. The van der Waals surface area contributed by atoms with Crippen LogP contribution in [0, 0.1) is 6.92 Å². The van der Waals surface area contributed by atoms with Gasteiger partial charge in [-0.3, -0.25) is 0 Å². The van der Waals surface area contributed by atoms with Crippen molar-refractivity contribution in [1.82, 2.24) is 9.55 Å². The number of benzene rings is 1. The van der Waals surface area contributed by atoms with Crippen LogP contribution >= 0.6 is 0 Å². The molecule has 2 unspecified atom stereocenters. The van der Waals surface area contributed by atoms with E-state index in [2.05, 4.69) is 24.0 Å². The standard InChI is InChI=1S/C15H20N2O/c1-4-13-5-7-14(8-6-13)15(18)11(2)17-10-9-16-12(17)3/h5-11,15,18H,4H2,1-3H3. The third-order valence-corrected chi connectivity index (χ3v) is 3.49. The fourth-order valence-corrected chi connectivity index (χ4v) is 2.20. The number of rotatable bonds is 4. The maximum Gasteiger partial charge on any atom is 0.105 e. The third kappa shape index (κ3) is 2.46. The molecule has 1 aromatic carbocycles. The van der Waals surface area contributed by atoms with Crippen molar-refractivity contribution < 1.29 is 5.11 Å². The van der Waals surface area contributed by atoms with Gasteiger partial charge in [0.05, 0.1) is 12.1 Å². The summed E-state index contributed by atoms with van der Waals surface area (Å²) < 4.78 is 2.00. The minimum atomic E-state index is -0.510. The third-order valence-electron chi connectivity index (χ3n) is 3.49. The van der Waals surface area contributed by atoms with E-state index >= 15 is 0 Å². The molecule has 0 fully saturated rings. The molecule has 1 aromatic heterocycles. The quantitative estimate of drug-likeness (QED) is 0.897. The van der Waals surface area contributed by atoms with E-state index in [4.69, 9.17) is 0 Å². The van der Waals surface area contributed by atoms with Gasteiger partial charge < -0.3 is 9.67 Å². The van der Waals surface area contributed by atoms with Crippen LogP contribution in [0.25, 0.3) is 0 Å². The Kier molecular flexibility index (Phi) is 3.82. The lowest BCUT2D eigenvalue weighted by Crippen LogP contribution is -2.15. The molecule has 2 aromatic rings. The second-order valence-corrected chi connectivity index (χ2v) is 4.66. The van der Waals surface area contributed by atoms with E-state index in [1.54, 1.807) is 6.20 Å². The Labute approximate surface area is 108 Å². The summed E-state index contributed by atoms with van der Waals surface area (Å²) in [6.07, 6.45) is 4.18. The average molecular weight is 244 g/mol. The van der Waals surface area contributed by atoms with Crippen LogP contribution in [0.2, 0.25) is 0 Å². The van der Waals surface area contributed by atoms with Crippen LogP contribution in [-0.4, -0.2) is 14.7 Å². The van der Waals surface area contributed by atoms with Gasteiger partial charge in [-0.2, -0.15) is 0 Å². The van der Waals surface area contributed by atoms with E-state index in [-0.39, 0.29) is 6.04 Å². The molecule has 0 aliphatic carbocycles. The summed E-state index contributed by atoms with van der Waals surface area (Å²) >= 11 is 0. The Morgan fingerprint density at radius 2 is 1.94 bits per heavy atom. The molecule has 1 heterocycles. The second kappa shape index (κ2) is 5.36. The SMILES string of the molecule is CCc1ccc(C(O)C(C)n2ccnc2C)cc1. The van der Waals surface area contributed by atoms with Gasteiger partial charge in [-0.1, -0.05) is 31.2 Å². The number of imidazole rings is 1. The largest absolute Gasteiger partial charge is 0.386 e.